The lowest BCUT2D eigenvalue weighted by molar-refractivity contribution is -0.123. The summed E-state index contributed by atoms with van der Waals surface area (Å²) in [6.45, 7) is 1.79. The number of para-hydroxylation sites is 1. The molecular weight excluding hydrogens is 330 g/mol. The van der Waals surface area contributed by atoms with E-state index in [1.165, 1.54) is 6.92 Å². The molecule has 1 N–H and O–H groups in total. The number of carbonyl (C=O) groups excluding carboxylic acids is 2. The average molecular weight is 349 g/mol. The number of hydrogen-bond acceptors (Lipinski definition) is 4. The van der Waals surface area contributed by atoms with E-state index >= 15 is 0 Å². The van der Waals surface area contributed by atoms with Crippen LogP contribution in [-0.2, 0) is 11.3 Å². The molecule has 0 saturated heterocycles. The first-order valence-electron chi connectivity index (χ1n) is 8.21. The summed E-state index contributed by atoms with van der Waals surface area (Å²) >= 11 is 0. The number of ketones is 1. The van der Waals surface area contributed by atoms with Crippen molar-refractivity contribution < 1.29 is 14.3 Å². The van der Waals surface area contributed by atoms with Gasteiger partial charge >= 0.3 is 0 Å². The Morgan fingerprint density at radius 1 is 1.08 bits per heavy atom. The van der Waals surface area contributed by atoms with Gasteiger partial charge in [0, 0.05) is 23.9 Å². The van der Waals surface area contributed by atoms with Crippen LogP contribution >= 0.6 is 0 Å². The third-order valence-corrected chi connectivity index (χ3v) is 3.78. The van der Waals surface area contributed by atoms with Crippen LogP contribution in [0.25, 0.3) is 5.69 Å². The van der Waals surface area contributed by atoms with Crippen LogP contribution in [0.4, 0.5) is 0 Å². The molecule has 2 aromatic carbocycles. The van der Waals surface area contributed by atoms with Crippen molar-refractivity contribution in [2.24, 2.45) is 0 Å². The van der Waals surface area contributed by atoms with Crippen LogP contribution < -0.4 is 10.1 Å². The number of rotatable bonds is 7. The number of nitrogens with one attached hydrogen (secondary N) is 1. The molecule has 3 rings (SSSR count). The first-order valence-corrected chi connectivity index (χ1v) is 8.21. The fourth-order valence-corrected chi connectivity index (χ4v) is 2.36. The summed E-state index contributed by atoms with van der Waals surface area (Å²) in [6, 6.07) is 16.4. The van der Waals surface area contributed by atoms with Gasteiger partial charge in [-0.15, -0.1) is 0 Å². The molecule has 0 aliphatic heterocycles. The van der Waals surface area contributed by atoms with Gasteiger partial charge in [0.2, 0.25) is 0 Å². The minimum Gasteiger partial charge on any atom is -0.484 e. The van der Waals surface area contributed by atoms with Crippen LogP contribution in [0.15, 0.2) is 67.0 Å². The smallest absolute Gasteiger partial charge is 0.258 e. The SMILES string of the molecule is CC(=O)c1ccc(OCC(=O)NCc2cnn(-c3ccccc3)c2)cc1. The summed E-state index contributed by atoms with van der Waals surface area (Å²) < 4.78 is 7.18. The van der Waals surface area contributed by atoms with Crippen LogP contribution in [0.2, 0.25) is 0 Å². The van der Waals surface area contributed by atoms with Gasteiger partial charge in [0.25, 0.3) is 5.91 Å². The summed E-state index contributed by atoms with van der Waals surface area (Å²) in [4.78, 5) is 23.1. The maximum Gasteiger partial charge on any atom is 0.258 e. The summed E-state index contributed by atoms with van der Waals surface area (Å²) in [6.07, 6.45) is 3.59. The first kappa shape index (κ1) is 17.4. The van der Waals surface area contributed by atoms with Crippen molar-refractivity contribution in [3.8, 4) is 11.4 Å². The number of Topliss-reactive ketones (excluding diaryl/α,β-unsaturated/α-hetero) is 1. The van der Waals surface area contributed by atoms with Crippen molar-refractivity contribution in [3.05, 3.63) is 78.1 Å². The molecule has 0 bridgehead atoms. The van der Waals surface area contributed by atoms with Gasteiger partial charge in [-0.1, -0.05) is 18.2 Å². The number of benzene rings is 2. The predicted octanol–water partition coefficient (Wildman–Crippen LogP) is 2.77. The molecule has 0 spiro atoms. The number of nitrogens with zero attached hydrogens (tertiary/aromatic N) is 2. The second kappa shape index (κ2) is 8.11. The Balaban J connectivity index is 1.47. The van der Waals surface area contributed by atoms with E-state index in [0.717, 1.165) is 11.3 Å². The molecule has 132 valence electrons. The van der Waals surface area contributed by atoms with E-state index < -0.39 is 0 Å². The molecule has 0 saturated carbocycles. The zero-order valence-corrected chi connectivity index (χ0v) is 14.4. The topological polar surface area (TPSA) is 73.2 Å². The summed E-state index contributed by atoms with van der Waals surface area (Å²) in [7, 11) is 0. The molecule has 6 heteroatoms. The molecule has 0 unspecified atom stereocenters. The molecule has 1 aromatic heterocycles. The van der Waals surface area contributed by atoms with Crippen LogP contribution in [-0.4, -0.2) is 28.1 Å². The van der Waals surface area contributed by atoms with Crippen molar-refractivity contribution >= 4 is 11.7 Å². The average Bonchev–Trinajstić information content (AvgIpc) is 3.15. The maximum atomic E-state index is 11.9. The molecule has 0 fully saturated rings. The largest absolute Gasteiger partial charge is 0.484 e. The lowest BCUT2D eigenvalue weighted by Gasteiger charge is -2.07. The highest BCUT2D eigenvalue weighted by Gasteiger charge is 2.06. The Morgan fingerprint density at radius 2 is 1.81 bits per heavy atom. The van der Waals surface area contributed by atoms with Gasteiger partial charge in [0.05, 0.1) is 11.9 Å². The lowest BCUT2D eigenvalue weighted by Crippen LogP contribution is -2.28. The van der Waals surface area contributed by atoms with Crippen LogP contribution in [0.1, 0.15) is 22.8 Å². The van der Waals surface area contributed by atoms with Crippen molar-refractivity contribution in [3.63, 3.8) is 0 Å². The Kier molecular flexibility index (Phi) is 5.43. The molecular formula is C20H19N3O3. The molecule has 0 atom stereocenters. The number of carbonyl (C=O) groups is 2. The van der Waals surface area contributed by atoms with Crippen LogP contribution in [0.3, 0.4) is 0 Å². The highest BCUT2D eigenvalue weighted by molar-refractivity contribution is 5.94. The summed E-state index contributed by atoms with van der Waals surface area (Å²) in [5.74, 6) is 0.306. The first-order chi connectivity index (χ1) is 12.6. The molecule has 26 heavy (non-hydrogen) atoms. The van der Waals surface area contributed by atoms with Gasteiger partial charge in [0.1, 0.15) is 5.75 Å². The molecule has 3 aromatic rings. The van der Waals surface area contributed by atoms with Gasteiger partial charge in [0.15, 0.2) is 12.4 Å². The molecule has 1 heterocycles. The van der Waals surface area contributed by atoms with E-state index in [1.807, 2.05) is 36.5 Å². The minimum atomic E-state index is -0.229. The van der Waals surface area contributed by atoms with E-state index in [2.05, 4.69) is 10.4 Å². The fourth-order valence-electron chi connectivity index (χ4n) is 2.36. The quantitative estimate of drug-likeness (QED) is 0.666. The van der Waals surface area contributed by atoms with Gasteiger partial charge < -0.3 is 10.1 Å². The monoisotopic (exact) mass is 349 g/mol. The number of aromatic nitrogens is 2. The standard InChI is InChI=1S/C20H19N3O3/c1-15(24)17-7-9-19(10-8-17)26-14-20(25)21-11-16-12-22-23(13-16)18-5-3-2-4-6-18/h2-10,12-13H,11,14H2,1H3,(H,21,25). The Hall–Kier alpha value is -3.41. The zero-order chi connectivity index (χ0) is 18.4. The van der Waals surface area contributed by atoms with Gasteiger partial charge in [-0.3, -0.25) is 9.59 Å². The van der Waals surface area contributed by atoms with Crippen molar-refractivity contribution in [2.75, 3.05) is 6.61 Å². The Morgan fingerprint density at radius 3 is 2.50 bits per heavy atom. The third kappa shape index (κ3) is 4.57. The van der Waals surface area contributed by atoms with Crippen LogP contribution in [0.5, 0.6) is 5.75 Å². The van der Waals surface area contributed by atoms with Gasteiger partial charge in [-0.25, -0.2) is 4.68 Å². The number of amides is 1. The lowest BCUT2D eigenvalue weighted by atomic mass is 10.1. The molecule has 0 aliphatic carbocycles. The van der Waals surface area contributed by atoms with Crippen LogP contribution in [0, 0.1) is 0 Å². The summed E-state index contributed by atoms with van der Waals surface area (Å²) in [5, 5.41) is 7.08. The van der Waals surface area contributed by atoms with E-state index in [4.69, 9.17) is 4.74 Å². The van der Waals surface area contributed by atoms with Gasteiger partial charge in [-0.05, 0) is 43.3 Å². The Bertz CT molecular complexity index is 886. The van der Waals surface area contributed by atoms with E-state index in [9.17, 15) is 9.59 Å². The van der Waals surface area contributed by atoms with Crippen molar-refractivity contribution in [1.29, 1.82) is 0 Å². The maximum absolute atomic E-state index is 11.9. The normalized spacial score (nSPS) is 10.3. The van der Waals surface area contributed by atoms with E-state index in [1.54, 1.807) is 35.1 Å². The molecule has 0 radical (unpaired) electrons. The summed E-state index contributed by atoms with van der Waals surface area (Å²) in [5.41, 5.74) is 2.47. The number of ether oxygens (including phenoxy) is 1. The predicted molar refractivity (Wildman–Crippen MR) is 97.4 cm³/mol. The highest BCUT2D eigenvalue weighted by Crippen LogP contribution is 2.12. The van der Waals surface area contributed by atoms with E-state index in [-0.39, 0.29) is 18.3 Å². The Labute approximate surface area is 151 Å². The third-order valence-electron chi connectivity index (χ3n) is 3.78. The zero-order valence-electron chi connectivity index (χ0n) is 14.4. The van der Waals surface area contributed by atoms with Crippen molar-refractivity contribution in [2.45, 2.75) is 13.5 Å². The van der Waals surface area contributed by atoms with E-state index in [0.29, 0.717) is 17.9 Å². The number of hydrogen-bond donors (Lipinski definition) is 1. The minimum absolute atomic E-state index is 0.00894. The van der Waals surface area contributed by atoms with Gasteiger partial charge in [-0.2, -0.15) is 5.10 Å². The van der Waals surface area contributed by atoms with Crippen molar-refractivity contribution in [1.82, 2.24) is 15.1 Å². The second-order valence-corrected chi connectivity index (χ2v) is 5.77. The molecule has 6 nitrogen and oxygen atoms in total. The second-order valence-electron chi connectivity index (χ2n) is 5.77. The molecule has 1 amide bonds. The molecule has 0 aliphatic rings. The fraction of sp³-hybridized carbons (Fsp3) is 0.150. The highest BCUT2D eigenvalue weighted by atomic mass is 16.5.